The van der Waals surface area contributed by atoms with E-state index in [9.17, 15) is 0 Å². The van der Waals surface area contributed by atoms with Crippen molar-refractivity contribution in [2.75, 3.05) is 39.3 Å². The molecule has 1 heterocycles. The quantitative estimate of drug-likeness (QED) is 0.679. The van der Waals surface area contributed by atoms with Gasteiger partial charge in [0.05, 0.1) is 6.10 Å². The zero-order valence-corrected chi connectivity index (χ0v) is 13.0. The molecule has 0 spiro atoms. The molecule has 3 nitrogen and oxygen atoms in total. The molecule has 1 aliphatic heterocycles. The first-order chi connectivity index (χ1) is 8.39. The average molecular weight is 256 g/mol. The molecule has 0 amide bonds. The predicted molar refractivity (Wildman–Crippen MR) is 78.1 cm³/mol. The highest BCUT2D eigenvalue weighted by Gasteiger charge is 2.25. The molecule has 0 radical (unpaired) electrons. The maximum atomic E-state index is 5.57. The molecule has 0 N–H and O–H groups in total. The van der Waals surface area contributed by atoms with Gasteiger partial charge >= 0.3 is 0 Å². The van der Waals surface area contributed by atoms with Crippen molar-refractivity contribution >= 4 is 0 Å². The van der Waals surface area contributed by atoms with Crippen molar-refractivity contribution in [2.45, 2.75) is 59.1 Å². The molecule has 0 aromatic rings. The van der Waals surface area contributed by atoms with Gasteiger partial charge in [-0.3, -0.25) is 4.90 Å². The molecule has 0 aliphatic carbocycles. The van der Waals surface area contributed by atoms with E-state index >= 15 is 0 Å². The highest BCUT2D eigenvalue weighted by molar-refractivity contribution is 4.81. The lowest BCUT2D eigenvalue weighted by atomic mass is 10.0. The molecule has 3 heteroatoms. The minimum atomic E-state index is 0.331. The van der Waals surface area contributed by atoms with Gasteiger partial charge in [0, 0.05) is 38.3 Å². The number of unbranched alkanes of at least 4 members (excludes halogenated alkanes) is 1. The van der Waals surface area contributed by atoms with Gasteiger partial charge in [-0.2, -0.15) is 0 Å². The lowest BCUT2D eigenvalue weighted by Gasteiger charge is -2.42. The maximum Gasteiger partial charge on any atom is 0.0518 e. The number of nitrogens with zero attached hydrogens (tertiary/aromatic N) is 2. The Hall–Kier alpha value is -0.120. The van der Waals surface area contributed by atoms with Gasteiger partial charge in [-0.1, -0.05) is 0 Å². The zero-order chi connectivity index (χ0) is 13.6. The van der Waals surface area contributed by atoms with E-state index in [0.717, 1.165) is 6.61 Å². The van der Waals surface area contributed by atoms with Crippen LogP contribution in [0.3, 0.4) is 0 Å². The van der Waals surface area contributed by atoms with Crippen LogP contribution >= 0.6 is 0 Å². The fraction of sp³-hybridized carbons (Fsp3) is 1.00. The smallest absolute Gasteiger partial charge is 0.0518 e. The second-order valence-corrected chi connectivity index (χ2v) is 6.63. The molecule has 1 fully saturated rings. The SMILES string of the molecule is CC(C)OCCCCN1CCN(C(C)(C)C)CC1. The molecule has 0 unspecified atom stereocenters. The topological polar surface area (TPSA) is 15.7 Å². The fourth-order valence-corrected chi connectivity index (χ4v) is 2.40. The highest BCUT2D eigenvalue weighted by Crippen LogP contribution is 2.15. The number of piperazine rings is 1. The van der Waals surface area contributed by atoms with Crippen molar-refractivity contribution in [2.24, 2.45) is 0 Å². The molecule has 1 rings (SSSR count). The largest absolute Gasteiger partial charge is 0.379 e. The van der Waals surface area contributed by atoms with Gasteiger partial charge < -0.3 is 9.64 Å². The highest BCUT2D eigenvalue weighted by atomic mass is 16.5. The Labute approximate surface area is 113 Å². The minimum Gasteiger partial charge on any atom is -0.379 e. The summed E-state index contributed by atoms with van der Waals surface area (Å²) >= 11 is 0. The molecule has 0 bridgehead atoms. The maximum absolute atomic E-state index is 5.57. The summed E-state index contributed by atoms with van der Waals surface area (Å²) < 4.78 is 5.57. The van der Waals surface area contributed by atoms with Gasteiger partial charge in [-0.25, -0.2) is 0 Å². The Morgan fingerprint density at radius 3 is 2.11 bits per heavy atom. The lowest BCUT2D eigenvalue weighted by molar-refractivity contribution is 0.0550. The van der Waals surface area contributed by atoms with Crippen LogP contribution in [0.15, 0.2) is 0 Å². The molecular formula is C15H32N2O. The molecule has 0 aromatic carbocycles. The summed E-state index contributed by atoms with van der Waals surface area (Å²) in [6.45, 7) is 18.2. The van der Waals surface area contributed by atoms with Crippen molar-refractivity contribution in [1.29, 1.82) is 0 Å². The Balaban J connectivity index is 2.06. The number of hydrogen-bond acceptors (Lipinski definition) is 3. The average Bonchev–Trinajstić information content (AvgIpc) is 2.27. The van der Waals surface area contributed by atoms with Crippen molar-refractivity contribution in [3.05, 3.63) is 0 Å². The standard InChI is InChI=1S/C15H32N2O/c1-14(2)18-13-7-6-8-16-9-11-17(12-10-16)15(3,4)5/h14H,6-13H2,1-5H3. The summed E-state index contributed by atoms with van der Waals surface area (Å²) in [4.78, 5) is 5.18. The number of rotatable bonds is 6. The van der Waals surface area contributed by atoms with Crippen LogP contribution in [0.5, 0.6) is 0 Å². The molecule has 108 valence electrons. The van der Waals surface area contributed by atoms with Crippen LogP contribution in [0.1, 0.15) is 47.5 Å². The van der Waals surface area contributed by atoms with Crippen molar-refractivity contribution < 1.29 is 4.74 Å². The van der Waals surface area contributed by atoms with Gasteiger partial charge in [-0.15, -0.1) is 0 Å². The molecular weight excluding hydrogens is 224 g/mol. The van der Waals surface area contributed by atoms with E-state index in [1.165, 1.54) is 45.6 Å². The third kappa shape index (κ3) is 6.17. The van der Waals surface area contributed by atoms with E-state index in [2.05, 4.69) is 44.4 Å². The summed E-state index contributed by atoms with van der Waals surface area (Å²) in [6.07, 6.45) is 2.83. The lowest BCUT2D eigenvalue weighted by Crippen LogP contribution is -2.53. The molecule has 0 aromatic heterocycles. The fourth-order valence-electron chi connectivity index (χ4n) is 2.40. The van der Waals surface area contributed by atoms with Crippen LogP contribution in [-0.4, -0.2) is 60.8 Å². The van der Waals surface area contributed by atoms with Gasteiger partial charge in [-0.05, 0) is 54.0 Å². The predicted octanol–water partition coefficient (Wildman–Crippen LogP) is 2.61. The van der Waals surface area contributed by atoms with E-state index < -0.39 is 0 Å². The summed E-state index contributed by atoms with van der Waals surface area (Å²) in [5.74, 6) is 0. The van der Waals surface area contributed by atoms with E-state index in [1.54, 1.807) is 0 Å². The molecule has 1 saturated heterocycles. The first-order valence-electron chi connectivity index (χ1n) is 7.48. The Bertz CT molecular complexity index is 215. The monoisotopic (exact) mass is 256 g/mol. The minimum absolute atomic E-state index is 0.331. The van der Waals surface area contributed by atoms with Gasteiger partial charge in [0.15, 0.2) is 0 Å². The normalized spacial score (nSPS) is 19.7. The van der Waals surface area contributed by atoms with Crippen molar-refractivity contribution in [1.82, 2.24) is 9.80 Å². The molecule has 0 atom stereocenters. The van der Waals surface area contributed by atoms with Crippen LogP contribution in [0.4, 0.5) is 0 Å². The Morgan fingerprint density at radius 1 is 1.00 bits per heavy atom. The van der Waals surface area contributed by atoms with Crippen LogP contribution in [0.25, 0.3) is 0 Å². The Morgan fingerprint density at radius 2 is 1.61 bits per heavy atom. The number of ether oxygens (including phenoxy) is 1. The third-order valence-corrected chi connectivity index (χ3v) is 3.64. The number of hydrogen-bond donors (Lipinski definition) is 0. The van der Waals surface area contributed by atoms with E-state index in [0.29, 0.717) is 11.6 Å². The van der Waals surface area contributed by atoms with E-state index in [-0.39, 0.29) is 0 Å². The van der Waals surface area contributed by atoms with Crippen LogP contribution in [0, 0.1) is 0 Å². The first kappa shape index (κ1) is 15.9. The first-order valence-corrected chi connectivity index (χ1v) is 7.48. The third-order valence-electron chi connectivity index (χ3n) is 3.64. The second-order valence-electron chi connectivity index (χ2n) is 6.63. The summed E-state index contributed by atoms with van der Waals surface area (Å²) in [5, 5.41) is 0. The van der Waals surface area contributed by atoms with Gasteiger partial charge in [0.2, 0.25) is 0 Å². The zero-order valence-electron chi connectivity index (χ0n) is 13.0. The van der Waals surface area contributed by atoms with Crippen LogP contribution in [-0.2, 0) is 4.74 Å². The van der Waals surface area contributed by atoms with E-state index in [1.807, 2.05) is 0 Å². The van der Waals surface area contributed by atoms with Crippen molar-refractivity contribution in [3.63, 3.8) is 0 Å². The Kier molecular flexibility index (Phi) is 6.61. The summed E-state index contributed by atoms with van der Waals surface area (Å²) in [6, 6.07) is 0. The second kappa shape index (κ2) is 7.46. The van der Waals surface area contributed by atoms with Crippen LogP contribution < -0.4 is 0 Å². The molecule has 1 aliphatic rings. The van der Waals surface area contributed by atoms with Crippen LogP contribution in [0.2, 0.25) is 0 Å². The van der Waals surface area contributed by atoms with Gasteiger partial charge in [0.1, 0.15) is 0 Å². The summed E-state index contributed by atoms with van der Waals surface area (Å²) in [7, 11) is 0. The van der Waals surface area contributed by atoms with E-state index in [4.69, 9.17) is 4.74 Å². The molecule has 18 heavy (non-hydrogen) atoms. The molecule has 0 saturated carbocycles. The van der Waals surface area contributed by atoms with Gasteiger partial charge in [0.25, 0.3) is 0 Å². The van der Waals surface area contributed by atoms with Crippen molar-refractivity contribution in [3.8, 4) is 0 Å². The summed E-state index contributed by atoms with van der Waals surface area (Å²) in [5.41, 5.74) is 0.331.